The minimum absolute atomic E-state index is 0.0760. The zero-order valence-corrected chi connectivity index (χ0v) is 11.4. The Morgan fingerprint density at radius 2 is 1.90 bits per heavy atom. The summed E-state index contributed by atoms with van der Waals surface area (Å²) in [5.74, 6) is 0. The lowest BCUT2D eigenvalue weighted by Crippen LogP contribution is -2.31. The van der Waals surface area contributed by atoms with Crippen LogP contribution in [0.5, 0.6) is 0 Å². The van der Waals surface area contributed by atoms with Crippen LogP contribution in [0.15, 0.2) is 54.9 Å². The van der Waals surface area contributed by atoms with Crippen molar-refractivity contribution in [1.82, 2.24) is 9.88 Å². The van der Waals surface area contributed by atoms with Crippen LogP contribution in [0.4, 0.5) is 0 Å². The van der Waals surface area contributed by atoms with E-state index < -0.39 is 6.10 Å². The molecule has 2 aromatic rings. The molecule has 1 unspecified atom stereocenters. The van der Waals surface area contributed by atoms with Crippen LogP contribution in [-0.4, -0.2) is 39.8 Å². The number of nitrogens with zero attached hydrogens (tertiary/aromatic N) is 2. The van der Waals surface area contributed by atoms with Gasteiger partial charge < -0.3 is 10.2 Å². The molecule has 106 valence electrons. The molecule has 1 atom stereocenters. The number of pyridine rings is 1. The Hall–Kier alpha value is -1.75. The van der Waals surface area contributed by atoms with Crippen LogP contribution in [0, 0.1) is 0 Å². The van der Waals surface area contributed by atoms with Crippen LogP contribution >= 0.6 is 0 Å². The summed E-state index contributed by atoms with van der Waals surface area (Å²) in [6.07, 6.45) is 2.76. The van der Waals surface area contributed by atoms with Crippen LogP contribution in [0.1, 0.15) is 17.2 Å². The second-order valence-corrected chi connectivity index (χ2v) is 4.75. The molecule has 0 bridgehead atoms. The van der Waals surface area contributed by atoms with Crippen molar-refractivity contribution in [3.63, 3.8) is 0 Å². The second-order valence-electron chi connectivity index (χ2n) is 4.75. The summed E-state index contributed by atoms with van der Waals surface area (Å²) in [7, 11) is 0. The van der Waals surface area contributed by atoms with E-state index in [1.807, 2.05) is 47.4 Å². The summed E-state index contributed by atoms with van der Waals surface area (Å²) in [6, 6.07) is 13.7. The minimum Gasteiger partial charge on any atom is -0.395 e. The van der Waals surface area contributed by atoms with Gasteiger partial charge in [-0.05, 0) is 11.6 Å². The number of benzene rings is 1. The molecule has 0 aliphatic heterocycles. The SMILES string of the molecule is OCCN(Cc1ccccc1)CC(O)c1cccnc1. The third-order valence-corrected chi connectivity index (χ3v) is 3.17. The highest BCUT2D eigenvalue weighted by Crippen LogP contribution is 2.14. The molecule has 20 heavy (non-hydrogen) atoms. The van der Waals surface area contributed by atoms with E-state index in [0.29, 0.717) is 19.6 Å². The van der Waals surface area contributed by atoms with Crippen molar-refractivity contribution < 1.29 is 10.2 Å². The van der Waals surface area contributed by atoms with Gasteiger partial charge in [-0.1, -0.05) is 36.4 Å². The molecule has 1 heterocycles. The van der Waals surface area contributed by atoms with Crippen molar-refractivity contribution in [2.24, 2.45) is 0 Å². The highest BCUT2D eigenvalue weighted by atomic mass is 16.3. The van der Waals surface area contributed by atoms with Crippen molar-refractivity contribution in [1.29, 1.82) is 0 Å². The van der Waals surface area contributed by atoms with Gasteiger partial charge >= 0.3 is 0 Å². The number of hydrogen-bond donors (Lipinski definition) is 2. The van der Waals surface area contributed by atoms with E-state index in [1.54, 1.807) is 12.4 Å². The van der Waals surface area contributed by atoms with Crippen LogP contribution in [-0.2, 0) is 6.54 Å². The van der Waals surface area contributed by atoms with Gasteiger partial charge in [0.1, 0.15) is 0 Å². The predicted octanol–water partition coefficient (Wildman–Crippen LogP) is 1.61. The molecule has 0 amide bonds. The quantitative estimate of drug-likeness (QED) is 0.804. The first-order valence-electron chi connectivity index (χ1n) is 6.74. The molecule has 0 aliphatic rings. The lowest BCUT2D eigenvalue weighted by molar-refractivity contribution is 0.0954. The molecule has 4 heteroatoms. The maximum Gasteiger partial charge on any atom is 0.0931 e. The number of aliphatic hydroxyl groups is 2. The molecule has 0 aliphatic carbocycles. The van der Waals surface area contributed by atoms with Gasteiger partial charge in [0.15, 0.2) is 0 Å². The Kier molecular flexibility index (Phi) is 5.68. The van der Waals surface area contributed by atoms with Gasteiger partial charge in [0.25, 0.3) is 0 Å². The maximum atomic E-state index is 10.2. The Bertz CT molecular complexity index is 490. The van der Waals surface area contributed by atoms with E-state index in [-0.39, 0.29) is 6.61 Å². The van der Waals surface area contributed by atoms with Crippen LogP contribution < -0.4 is 0 Å². The molecular weight excluding hydrogens is 252 g/mol. The summed E-state index contributed by atoms with van der Waals surface area (Å²) >= 11 is 0. The van der Waals surface area contributed by atoms with Gasteiger partial charge in [-0.15, -0.1) is 0 Å². The number of aliphatic hydroxyl groups excluding tert-OH is 2. The average molecular weight is 272 g/mol. The van der Waals surface area contributed by atoms with Gasteiger partial charge in [0.2, 0.25) is 0 Å². The fraction of sp³-hybridized carbons (Fsp3) is 0.312. The van der Waals surface area contributed by atoms with Gasteiger partial charge in [0.05, 0.1) is 12.7 Å². The third-order valence-electron chi connectivity index (χ3n) is 3.17. The van der Waals surface area contributed by atoms with Crippen molar-refractivity contribution in [2.45, 2.75) is 12.6 Å². The van der Waals surface area contributed by atoms with Crippen LogP contribution in [0.3, 0.4) is 0 Å². The predicted molar refractivity (Wildman–Crippen MR) is 78.0 cm³/mol. The van der Waals surface area contributed by atoms with Crippen LogP contribution in [0.25, 0.3) is 0 Å². The molecule has 0 fully saturated rings. The highest BCUT2D eigenvalue weighted by Gasteiger charge is 2.13. The molecule has 4 nitrogen and oxygen atoms in total. The lowest BCUT2D eigenvalue weighted by atomic mass is 10.1. The molecule has 0 saturated heterocycles. The molecule has 0 radical (unpaired) electrons. The fourth-order valence-electron chi connectivity index (χ4n) is 2.14. The Morgan fingerprint density at radius 1 is 1.10 bits per heavy atom. The molecular formula is C16H20N2O2. The smallest absolute Gasteiger partial charge is 0.0931 e. The first-order valence-corrected chi connectivity index (χ1v) is 6.74. The summed E-state index contributed by atoms with van der Waals surface area (Å²) in [5, 5.41) is 19.4. The maximum absolute atomic E-state index is 10.2. The standard InChI is InChI=1S/C16H20N2O2/c19-10-9-18(12-14-5-2-1-3-6-14)13-16(20)15-7-4-8-17-11-15/h1-8,11,16,19-20H,9-10,12-13H2. The first-order chi connectivity index (χ1) is 9.79. The van der Waals surface area contributed by atoms with E-state index in [2.05, 4.69) is 4.98 Å². The monoisotopic (exact) mass is 272 g/mol. The number of aromatic nitrogens is 1. The third kappa shape index (κ3) is 4.42. The highest BCUT2D eigenvalue weighted by molar-refractivity contribution is 5.15. The largest absolute Gasteiger partial charge is 0.395 e. The Balaban J connectivity index is 1.98. The Labute approximate surface area is 119 Å². The van der Waals surface area contributed by atoms with E-state index in [1.165, 1.54) is 5.56 Å². The zero-order valence-electron chi connectivity index (χ0n) is 11.4. The van der Waals surface area contributed by atoms with Gasteiger partial charge in [-0.3, -0.25) is 9.88 Å². The van der Waals surface area contributed by atoms with Crippen molar-refractivity contribution in [3.8, 4) is 0 Å². The molecule has 0 saturated carbocycles. The van der Waals surface area contributed by atoms with Gasteiger partial charge in [-0.2, -0.15) is 0 Å². The summed E-state index contributed by atoms with van der Waals surface area (Å²) in [4.78, 5) is 6.05. The van der Waals surface area contributed by atoms with Crippen molar-refractivity contribution in [3.05, 3.63) is 66.0 Å². The minimum atomic E-state index is -0.598. The summed E-state index contributed by atoms with van der Waals surface area (Å²) in [5.41, 5.74) is 1.96. The van der Waals surface area contributed by atoms with Gasteiger partial charge in [-0.25, -0.2) is 0 Å². The Morgan fingerprint density at radius 3 is 2.55 bits per heavy atom. The van der Waals surface area contributed by atoms with E-state index in [0.717, 1.165) is 5.56 Å². The first kappa shape index (κ1) is 14.7. The topological polar surface area (TPSA) is 56.6 Å². The number of hydrogen-bond acceptors (Lipinski definition) is 4. The second kappa shape index (κ2) is 7.75. The average Bonchev–Trinajstić information content (AvgIpc) is 2.49. The van der Waals surface area contributed by atoms with Crippen molar-refractivity contribution >= 4 is 0 Å². The molecule has 2 N–H and O–H groups in total. The lowest BCUT2D eigenvalue weighted by Gasteiger charge is -2.24. The fourth-order valence-corrected chi connectivity index (χ4v) is 2.14. The van der Waals surface area contributed by atoms with Crippen LogP contribution in [0.2, 0.25) is 0 Å². The molecule has 0 spiro atoms. The van der Waals surface area contributed by atoms with Crippen molar-refractivity contribution in [2.75, 3.05) is 19.7 Å². The van der Waals surface area contributed by atoms with E-state index in [4.69, 9.17) is 5.11 Å². The molecule has 2 rings (SSSR count). The summed E-state index contributed by atoms with van der Waals surface area (Å²) in [6.45, 7) is 1.79. The zero-order chi connectivity index (χ0) is 14.2. The number of rotatable bonds is 7. The van der Waals surface area contributed by atoms with Gasteiger partial charge in [0, 0.05) is 37.6 Å². The molecule has 1 aromatic carbocycles. The normalized spacial score (nSPS) is 12.6. The van der Waals surface area contributed by atoms with E-state index in [9.17, 15) is 5.11 Å². The summed E-state index contributed by atoms with van der Waals surface area (Å²) < 4.78 is 0. The van der Waals surface area contributed by atoms with E-state index >= 15 is 0 Å². The molecule has 1 aromatic heterocycles.